The van der Waals surface area contributed by atoms with Gasteiger partial charge in [-0.3, -0.25) is 9.59 Å². The van der Waals surface area contributed by atoms with Crippen molar-refractivity contribution < 1.29 is 9.59 Å². The third kappa shape index (κ3) is 3.14. The van der Waals surface area contributed by atoms with Gasteiger partial charge in [0.25, 0.3) is 0 Å². The Morgan fingerprint density at radius 1 is 1.31 bits per heavy atom. The van der Waals surface area contributed by atoms with E-state index in [-0.39, 0.29) is 28.9 Å². The number of thiol groups is 1. The Labute approximate surface area is 102 Å². The molecular formula is C11H20N2O2S. The summed E-state index contributed by atoms with van der Waals surface area (Å²) in [7, 11) is 0. The number of piperidine rings is 1. The lowest BCUT2D eigenvalue weighted by Gasteiger charge is -2.32. The zero-order chi connectivity index (χ0) is 12.3. The standard InChI is InChI=1S/C11H20N2O2S/c1-7(2)9(16)11(15)13-5-3-8(4-6-13)10(12)14/h7-9,16H,3-6H2,1-2H3,(H2,12,14). The zero-order valence-electron chi connectivity index (χ0n) is 9.85. The Bertz CT molecular complexity index is 273. The number of carbonyl (C=O) groups is 2. The lowest BCUT2D eigenvalue weighted by atomic mass is 9.95. The van der Waals surface area contributed by atoms with Crippen LogP contribution in [-0.2, 0) is 9.59 Å². The number of nitrogens with zero attached hydrogens (tertiary/aromatic N) is 1. The third-order valence-corrected chi connectivity index (χ3v) is 3.91. The number of rotatable bonds is 3. The summed E-state index contributed by atoms with van der Waals surface area (Å²) in [6, 6.07) is 0. The average molecular weight is 244 g/mol. The van der Waals surface area contributed by atoms with Crippen molar-refractivity contribution in [3.63, 3.8) is 0 Å². The van der Waals surface area contributed by atoms with Gasteiger partial charge in [-0.05, 0) is 18.8 Å². The van der Waals surface area contributed by atoms with Gasteiger partial charge in [0.2, 0.25) is 11.8 Å². The third-order valence-electron chi connectivity index (χ3n) is 3.09. The summed E-state index contributed by atoms with van der Waals surface area (Å²) in [4.78, 5) is 24.7. The van der Waals surface area contributed by atoms with E-state index in [0.29, 0.717) is 25.9 Å². The van der Waals surface area contributed by atoms with Gasteiger partial charge in [0, 0.05) is 19.0 Å². The van der Waals surface area contributed by atoms with Gasteiger partial charge in [0.15, 0.2) is 0 Å². The number of nitrogens with two attached hydrogens (primary N) is 1. The molecule has 0 radical (unpaired) electrons. The number of hydrogen-bond donors (Lipinski definition) is 2. The van der Waals surface area contributed by atoms with Crippen LogP contribution < -0.4 is 5.73 Å². The SMILES string of the molecule is CC(C)C(S)C(=O)N1CCC(C(N)=O)CC1. The summed E-state index contributed by atoms with van der Waals surface area (Å²) in [5.41, 5.74) is 5.24. The topological polar surface area (TPSA) is 63.4 Å². The van der Waals surface area contributed by atoms with Gasteiger partial charge in [-0.25, -0.2) is 0 Å². The predicted molar refractivity (Wildman–Crippen MR) is 66.1 cm³/mol. The molecule has 0 aromatic carbocycles. The van der Waals surface area contributed by atoms with E-state index in [9.17, 15) is 9.59 Å². The molecule has 0 aliphatic carbocycles. The second-order valence-corrected chi connectivity index (χ2v) is 5.25. The first-order valence-corrected chi connectivity index (χ1v) is 6.21. The van der Waals surface area contributed by atoms with Gasteiger partial charge in [-0.2, -0.15) is 12.6 Å². The van der Waals surface area contributed by atoms with E-state index < -0.39 is 0 Å². The van der Waals surface area contributed by atoms with E-state index in [1.165, 1.54) is 0 Å². The number of likely N-dealkylation sites (tertiary alicyclic amines) is 1. The quantitative estimate of drug-likeness (QED) is 0.717. The van der Waals surface area contributed by atoms with E-state index in [1.807, 2.05) is 13.8 Å². The van der Waals surface area contributed by atoms with Crippen LogP contribution in [0.3, 0.4) is 0 Å². The van der Waals surface area contributed by atoms with E-state index >= 15 is 0 Å². The van der Waals surface area contributed by atoms with Gasteiger partial charge in [0.1, 0.15) is 0 Å². The highest BCUT2D eigenvalue weighted by Crippen LogP contribution is 2.20. The van der Waals surface area contributed by atoms with E-state index in [0.717, 1.165) is 0 Å². The van der Waals surface area contributed by atoms with Crippen molar-refractivity contribution in [2.45, 2.75) is 31.9 Å². The molecule has 0 bridgehead atoms. The Hall–Kier alpha value is -0.710. The summed E-state index contributed by atoms with van der Waals surface area (Å²) < 4.78 is 0. The van der Waals surface area contributed by atoms with Gasteiger partial charge >= 0.3 is 0 Å². The Balaban J connectivity index is 2.47. The molecule has 1 aliphatic heterocycles. The fraction of sp³-hybridized carbons (Fsp3) is 0.818. The van der Waals surface area contributed by atoms with Crippen molar-refractivity contribution in [2.24, 2.45) is 17.6 Å². The van der Waals surface area contributed by atoms with Gasteiger partial charge in [0.05, 0.1) is 5.25 Å². The molecule has 1 heterocycles. The summed E-state index contributed by atoms with van der Waals surface area (Å²) in [6.07, 6.45) is 1.36. The molecule has 1 unspecified atom stereocenters. The Kier molecular flexibility index (Phi) is 4.65. The van der Waals surface area contributed by atoms with Gasteiger partial charge < -0.3 is 10.6 Å². The van der Waals surface area contributed by atoms with Crippen molar-refractivity contribution in [2.75, 3.05) is 13.1 Å². The maximum absolute atomic E-state index is 11.9. The maximum Gasteiger partial charge on any atom is 0.235 e. The first-order chi connectivity index (χ1) is 7.43. The average Bonchev–Trinajstić information content (AvgIpc) is 2.27. The Morgan fingerprint density at radius 2 is 1.81 bits per heavy atom. The highest BCUT2D eigenvalue weighted by Gasteiger charge is 2.29. The molecule has 1 rings (SSSR count). The molecule has 0 spiro atoms. The van der Waals surface area contributed by atoms with Crippen molar-refractivity contribution >= 4 is 24.4 Å². The summed E-state index contributed by atoms with van der Waals surface area (Å²) in [6.45, 7) is 5.20. The lowest BCUT2D eigenvalue weighted by molar-refractivity contribution is -0.134. The van der Waals surface area contributed by atoms with E-state index in [1.54, 1.807) is 4.90 Å². The van der Waals surface area contributed by atoms with E-state index in [2.05, 4.69) is 12.6 Å². The molecule has 0 aromatic heterocycles. The molecule has 1 fully saturated rings. The van der Waals surface area contributed by atoms with Crippen LogP contribution in [0.25, 0.3) is 0 Å². The van der Waals surface area contributed by atoms with Crippen molar-refractivity contribution in [3.05, 3.63) is 0 Å². The minimum absolute atomic E-state index is 0.0681. The lowest BCUT2D eigenvalue weighted by Crippen LogP contribution is -2.45. The van der Waals surface area contributed by atoms with Crippen LogP contribution in [0, 0.1) is 11.8 Å². The predicted octanol–water partition coefficient (Wildman–Crippen LogP) is 0.665. The number of primary amides is 1. The second-order valence-electron chi connectivity index (χ2n) is 4.69. The Morgan fingerprint density at radius 3 is 2.19 bits per heavy atom. The van der Waals surface area contributed by atoms with Crippen LogP contribution in [0.15, 0.2) is 0 Å². The minimum atomic E-state index is -0.251. The molecular weight excluding hydrogens is 224 g/mol. The molecule has 92 valence electrons. The molecule has 1 saturated heterocycles. The smallest absolute Gasteiger partial charge is 0.235 e. The van der Waals surface area contributed by atoms with Crippen molar-refractivity contribution in [1.29, 1.82) is 0 Å². The highest BCUT2D eigenvalue weighted by molar-refractivity contribution is 7.81. The van der Waals surface area contributed by atoms with Crippen LogP contribution >= 0.6 is 12.6 Å². The van der Waals surface area contributed by atoms with Crippen molar-refractivity contribution in [1.82, 2.24) is 4.90 Å². The first-order valence-electron chi connectivity index (χ1n) is 5.69. The monoisotopic (exact) mass is 244 g/mol. The van der Waals surface area contributed by atoms with E-state index in [4.69, 9.17) is 5.73 Å². The summed E-state index contributed by atoms with van der Waals surface area (Å²) in [5.74, 6) is -0.0224. The normalized spacial score (nSPS) is 19.9. The molecule has 5 heteroatoms. The van der Waals surface area contributed by atoms with Crippen LogP contribution in [0.4, 0.5) is 0 Å². The van der Waals surface area contributed by atoms with Crippen LogP contribution in [-0.4, -0.2) is 35.1 Å². The fourth-order valence-corrected chi connectivity index (χ4v) is 2.02. The molecule has 4 nitrogen and oxygen atoms in total. The van der Waals surface area contributed by atoms with Gasteiger partial charge in [-0.15, -0.1) is 0 Å². The number of amides is 2. The van der Waals surface area contributed by atoms with Crippen LogP contribution in [0.5, 0.6) is 0 Å². The molecule has 2 amide bonds. The largest absolute Gasteiger partial charge is 0.369 e. The number of hydrogen-bond acceptors (Lipinski definition) is 3. The second kappa shape index (κ2) is 5.57. The molecule has 0 aromatic rings. The number of carbonyl (C=O) groups excluding carboxylic acids is 2. The molecule has 1 atom stereocenters. The minimum Gasteiger partial charge on any atom is -0.369 e. The van der Waals surface area contributed by atoms with Crippen LogP contribution in [0.1, 0.15) is 26.7 Å². The first kappa shape index (κ1) is 13.4. The summed E-state index contributed by atoms with van der Waals surface area (Å²) in [5, 5.41) is -0.245. The van der Waals surface area contributed by atoms with Gasteiger partial charge in [-0.1, -0.05) is 13.8 Å². The zero-order valence-corrected chi connectivity index (χ0v) is 10.7. The van der Waals surface area contributed by atoms with Crippen molar-refractivity contribution in [3.8, 4) is 0 Å². The molecule has 2 N–H and O–H groups in total. The molecule has 0 saturated carbocycles. The summed E-state index contributed by atoms with van der Waals surface area (Å²) >= 11 is 4.31. The molecule has 1 aliphatic rings. The molecule has 16 heavy (non-hydrogen) atoms. The highest BCUT2D eigenvalue weighted by atomic mass is 32.1. The van der Waals surface area contributed by atoms with Crippen LogP contribution in [0.2, 0.25) is 0 Å². The fourth-order valence-electron chi connectivity index (χ4n) is 1.86. The maximum atomic E-state index is 11.9.